The van der Waals surface area contributed by atoms with Crippen LogP contribution in [0.15, 0.2) is 24.3 Å². The maximum Gasteiger partial charge on any atom is 0.118 e. The Morgan fingerprint density at radius 1 is 1.15 bits per heavy atom. The predicted octanol–water partition coefficient (Wildman–Crippen LogP) is 2.19. The Morgan fingerprint density at radius 2 is 1.75 bits per heavy atom. The molecule has 1 aromatic rings. The largest absolute Gasteiger partial charge is 0.497 e. The molecular weight excluding hydrogens is 252 g/mol. The van der Waals surface area contributed by atoms with Crippen molar-refractivity contribution in [3.05, 3.63) is 29.8 Å². The zero-order valence-electron chi connectivity index (χ0n) is 12.7. The Hall–Kier alpha value is -1.10. The first-order valence-electron chi connectivity index (χ1n) is 7.32. The number of likely N-dealkylation sites (tertiary alicyclic amines) is 1. The van der Waals surface area contributed by atoms with Crippen LogP contribution in [-0.2, 0) is 4.74 Å². The van der Waals surface area contributed by atoms with E-state index in [2.05, 4.69) is 24.0 Å². The normalized spacial score (nSPS) is 20.6. The molecule has 1 aliphatic heterocycles. The number of benzene rings is 1. The lowest BCUT2D eigenvalue weighted by Crippen LogP contribution is -2.45. The Morgan fingerprint density at radius 3 is 2.20 bits per heavy atom. The highest BCUT2D eigenvalue weighted by Crippen LogP contribution is 2.28. The number of nitrogens with zero attached hydrogens (tertiary/aromatic N) is 1. The SMILES string of the molecule is COc1ccc(C(C(C)N)N2CCC(OC)CC2)cc1. The van der Waals surface area contributed by atoms with Crippen LogP contribution in [0.5, 0.6) is 5.75 Å². The van der Waals surface area contributed by atoms with E-state index in [0.29, 0.717) is 6.10 Å². The molecule has 1 heterocycles. The summed E-state index contributed by atoms with van der Waals surface area (Å²) >= 11 is 0. The van der Waals surface area contributed by atoms with E-state index in [1.165, 1.54) is 5.56 Å². The molecule has 1 saturated heterocycles. The molecule has 0 radical (unpaired) electrons. The van der Waals surface area contributed by atoms with E-state index in [4.69, 9.17) is 15.2 Å². The van der Waals surface area contributed by atoms with Gasteiger partial charge >= 0.3 is 0 Å². The third kappa shape index (κ3) is 3.51. The predicted molar refractivity (Wildman–Crippen MR) is 81.0 cm³/mol. The topological polar surface area (TPSA) is 47.7 Å². The summed E-state index contributed by atoms with van der Waals surface area (Å²) in [7, 11) is 3.49. The lowest BCUT2D eigenvalue weighted by molar-refractivity contribution is 0.0234. The smallest absolute Gasteiger partial charge is 0.118 e. The fourth-order valence-corrected chi connectivity index (χ4v) is 3.04. The van der Waals surface area contributed by atoms with Gasteiger partial charge in [0.25, 0.3) is 0 Å². The van der Waals surface area contributed by atoms with Crippen LogP contribution in [0, 0.1) is 0 Å². The van der Waals surface area contributed by atoms with Gasteiger partial charge in [-0.25, -0.2) is 0 Å². The van der Waals surface area contributed by atoms with Crippen LogP contribution in [0.25, 0.3) is 0 Å². The van der Waals surface area contributed by atoms with E-state index in [1.54, 1.807) is 14.2 Å². The highest BCUT2D eigenvalue weighted by Gasteiger charge is 2.28. The van der Waals surface area contributed by atoms with Gasteiger partial charge in [0, 0.05) is 32.3 Å². The summed E-state index contributed by atoms with van der Waals surface area (Å²) in [6.45, 7) is 4.16. The molecule has 4 heteroatoms. The van der Waals surface area contributed by atoms with Crippen molar-refractivity contribution >= 4 is 0 Å². The summed E-state index contributed by atoms with van der Waals surface area (Å²) in [6.07, 6.45) is 2.56. The van der Waals surface area contributed by atoms with Crippen LogP contribution in [-0.4, -0.2) is 44.4 Å². The first-order chi connectivity index (χ1) is 9.65. The standard InChI is InChI=1S/C16H26N2O2/c1-12(17)16(13-4-6-14(19-2)7-5-13)18-10-8-15(20-3)9-11-18/h4-7,12,15-16H,8-11,17H2,1-3H3. The molecule has 0 amide bonds. The first-order valence-corrected chi connectivity index (χ1v) is 7.32. The maximum atomic E-state index is 6.23. The third-order valence-corrected chi connectivity index (χ3v) is 4.16. The molecule has 1 aromatic carbocycles. The Labute approximate surface area is 121 Å². The van der Waals surface area contributed by atoms with Crippen molar-refractivity contribution in [1.29, 1.82) is 0 Å². The lowest BCUT2D eigenvalue weighted by atomic mass is 9.96. The molecule has 2 rings (SSSR count). The molecule has 2 unspecified atom stereocenters. The zero-order valence-corrected chi connectivity index (χ0v) is 12.7. The van der Waals surface area contributed by atoms with Gasteiger partial charge in [-0.2, -0.15) is 0 Å². The fraction of sp³-hybridized carbons (Fsp3) is 0.625. The van der Waals surface area contributed by atoms with Gasteiger partial charge in [0.15, 0.2) is 0 Å². The van der Waals surface area contributed by atoms with Crippen LogP contribution < -0.4 is 10.5 Å². The molecule has 0 aromatic heterocycles. The van der Waals surface area contributed by atoms with Crippen LogP contribution >= 0.6 is 0 Å². The average Bonchev–Trinajstić information content (AvgIpc) is 2.48. The third-order valence-electron chi connectivity index (χ3n) is 4.16. The molecule has 4 nitrogen and oxygen atoms in total. The minimum atomic E-state index is 0.0995. The van der Waals surface area contributed by atoms with E-state index < -0.39 is 0 Å². The molecular formula is C16H26N2O2. The number of hydrogen-bond donors (Lipinski definition) is 1. The molecule has 0 bridgehead atoms. The monoisotopic (exact) mass is 278 g/mol. The van der Waals surface area contributed by atoms with Gasteiger partial charge in [-0.3, -0.25) is 4.90 Å². The quantitative estimate of drug-likeness (QED) is 0.897. The van der Waals surface area contributed by atoms with Crippen molar-refractivity contribution in [3.63, 3.8) is 0 Å². The number of piperidine rings is 1. The molecule has 1 fully saturated rings. The summed E-state index contributed by atoms with van der Waals surface area (Å²) in [5, 5.41) is 0. The summed E-state index contributed by atoms with van der Waals surface area (Å²) < 4.78 is 10.7. The summed E-state index contributed by atoms with van der Waals surface area (Å²) in [4.78, 5) is 2.47. The van der Waals surface area contributed by atoms with E-state index in [0.717, 1.165) is 31.7 Å². The van der Waals surface area contributed by atoms with Gasteiger partial charge in [0.05, 0.1) is 13.2 Å². The fourth-order valence-electron chi connectivity index (χ4n) is 3.04. The summed E-state index contributed by atoms with van der Waals surface area (Å²) in [5.74, 6) is 0.885. The van der Waals surface area contributed by atoms with Crippen molar-refractivity contribution in [2.45, 2.75) is 38.0 Å². The van der Waals surface area contributed by atoms with Crippen LogP contribution in [0.4, 0.5) is 0 Å². The molecule has 20 heavy (non-hydrogen) atoms. The zero-order chi connectivity index (χ0) is 14.5. The van der Waals surface area contributed by atoms with Crippen molar-refractivity contribution in [3.8, 4) is 5.75 Å². The highest BCUT2D eigenvalue weighted by molar-refractivity contribution is 5.30. The number of nitrogens with two attached hydrogens (primary N) is 1. The maximum absolute atomic E-state index is 6.23. The van der Waals surface area contributed by atoms with Gasteiger partial charge in [-0.15, -0.1) is 0 Å². The number of hydrogen-bond acceptors (Lipinski definition) is 4. The van der Waals surface area contributed by atoms with Crippen molar-refractivity contribution in [2.24, 2.45) is 5.73 Å². The Balaban J connectivity index is 2.10. The number of rotatable bonds is 5. The second kappa shape index (κ2) is 7.07. The summed E-state index contributed by atoms with van der Waals surface area (Å²) in [6, 6.07) is 8.62. The van der Waals surface area contributed by atoms with Crippen molar-refractivity contribution < 1.29 is 9.47 Å². The molecule has 1 aliphatic rings. The molecule has 0 spiro atoms. The van der Waals surface area contributed by atoms with Crippen LogP contribution in [0.1, 0.15) is 31.4 Å². The van der Waals surface area contributed by atoms with E-state index in [-0.39, 0.29) is 12.1 Å². The first kappa shape index (κ1) is 15.3. The molecule has 2 atom stereocenters. The van der Waals surface area contributed by atoms with Crippen LogP contribution in [0.2, 0.25) is 0 Å². The van der Waals surface area contributed by atoms with E-state index in [1.807, 2.05) is 12.1 Å². The van der Waals surface area contributed by atoms with Crippen molar-refractivity contribution in [1.82, 2.24) is 4.90 Å². The molecule has 112 valence electrons. The summed E-state index contributed by atoms with van der Waals surface area (Å²) in [5.41, 5.74) is 7.49. The number of methoxy groups -OCH3 is 2. The van der Waals surface area contributed by atoms with Gasteiger partial charge in [-0.05, 0) is 37.5 Å². The van der Waals surface area contributed by atoms with Gasteiger partial charge in [0.1, 0.15) is 5.75 Å². The van der Waals surface area contributed by atoms with Gasteiger partial charge in [-0.1, -0.05) is 12.1 Å². The minimum absolute atomic E-state index is 0.0995. The molecule has 0 aliphatic carbocycles. The Kier molecular flexibility index (Phi) is 5.40. The second-order valence-electron chi connectivity index (χ2n) is 5.55. The highest BCUT2D eigenvalue weighted by atomic mass is 16.5. The second-order valence-corrected chi connectivity index (χ2v) is 5.55. The minimum Gasteiger partial charge on any atom is -0.497 e. The van der Waals surface area contributed by atoms with Crippen molar-refractivity contribution in [2.75, 3.05) is 27.3 Å². The Bertz CT molecular complexity index is 397. The van der Waals surface area contributed by atoms with Gasteiger partial charge < -0.3 is 15.2 Å². The average molecular weight is 278 g/mol. The molecule has 2 N–H and O–H groups in total. The van der Waals surface area contributed by atoms with E-state index >= 15 is 0 Å². The van der Waals surface area contributed by atoms with Gasteiger partial charge in [0.2, 0.25) is 0 Å². The van der Waals surface area contributed by atoms with E-state index in [9.17, 15) is 0 Å². The lowest BCUT2D eigenvalue weighted by Gasteiger charge is -2.39. The van der Waals surface area contributed by atoms with Crippen LogP contribution in [0.3, 0.4) is 0 Å². The number of ether oxygens (including phenoxy) is 2. The molecule has 0 saturated carbocycles.